The molecular weight excluding hydrogens is 447 g/mol. The molecule has 0 saturated carbocycles. The number of nitrogens with one attached hydrogen (secondary N) is 1. The maximum absolute atomic E-state index is 12.2. The van der Waals surface area contributed by atoms with Gasteiger partial charge in [-0.1, -0.05) is 40.9 Å². The normalized spacial score (nSPS) is 10.8. The molecule has 0 spiro atoms. The minimum absolute atomic E-state index is 0.209. The predicted molar refractivity (Wildman–Crippen MR) is 119 cm³/mol. The number of carbonyl (C=O) groups excluding carboxylic acids is 2. The van der Waals surface area contributed by atoms with E-state index in [1.54, 1.807) is 48.5 Å². The van der Waals surface area contributed by atoms with Gasteiger partial charge in [0.1, 0.15) is 5.75 Å². The van der Waals surface area contributed by atoms with Crippen molar-refractivity contribution in [2.45, 2.75) is 6.92 Å². The first-order valence-electron chi connectivity index (χ1n) is 8.70. The fraction of sp³-hybridized carbons (Fsp3) is 0.0455. The molecule has 152 valence electrons. The molecule has 1 N–H and O–H groups in total. The van der Waals surface area contributed by atoms with Gasteiger partial charge in [0.25, 0.3) is 5.91 Å². The molecule has 0 heterocycles. The molecule has 8 heteroatoms. The van der Waals surface area contributed by atoms with Gasteiger partial charge in [-0.2, -0.15) is 5.10 Å². The molecule has 0 unspecified atom stereocenters. The van der Waals surface area contributed by atoms with Gasteiger partial charge in [0, 0.05) is 5.02 Å². The molecule has 3 aromatic carbocycles. The summed E-state index contributed by atoms with van der Waals surface area (Å²) in [5, 5.41) is 4.91. The van der Waals surface area contributed by atoms with Crippen molar-refractivity contribution in [1.82, 2.24) is 5.43 Å². The second-order valence-electron chi connectivity index (χ2n) is 6.27. The van der Waals surface area contributed by atoms with E-state index in [0.29, 0.717) is 26.9 Å². The summed E-state index contributed by atoms with van der Waals surface area (Å²) in [5.41, 5.74) is 4.62. The second-order valence-corrected chi connectivity index (χ2v) is 7.52. The topological polar surface area (TPSA) is 67.8 Å². The summed E-state index contributed by atoms with van der Waals surface area (Å²) in [6.45, 7) is 1.89. The van der Waals surface area contributed by atoms with Gasteiger partial charge < -0.3 is 4.74 Å². The van der Waals surface area contributed by atoms with Crippen molar-refractivity contribution >= 4 is 52.9 Å². The second kappa shape index (κ2) is 9.76. The highest BCUT2D eigenvalue weighted by molar-refractivity contribution is 6.36. The molecule has 0 aliphatic carbocycles. The zero-order valence-corrected chi connectivity index (χ0v) is 17.9. The van der Waals surface area contributed by atoms with E-state index in [9.17, 15) is 9.59 Å². The van der Waals surface area contributed by atoms with E-state index in [1.165, 1.54) is 18.3 Å². The quantitative estimate of drug-likeness (QED) is 0.221. The Morgan fingerprint density at radius 2 is 1.57 bits per heavy atom. The van der Waals surface area contributed by atoms with Crippen LogP contribution in [0.3, 0.4) is 0 Å². The van der Waals surface area contributed by atoms with Crippen molar-refractivity contribution < 1.29 is 14.3 Å². The number of ether oxygens (including phenoxy) is 1. The molecule has 0 aliphatic rings. The van der Waals surface area contributed by atoms with Crippen LogP contribution in [0.4, 0.5) is 0 Å². The van der Waals surface area contributed by atoms with Gasteiger partial charge in [0.15, 0.2) is 0 Å². The standard InChI is InChI=1S/C22H15Cl3N2O3/c1-13-2-8-17(19(24)10-13)21(28)27-26-12-14-3-6-16(7-4-14)30-22(29)18-9-5-15(23)11-20(18)25/h2-12H,1H3,(H,27,28). The Balaban J connectivity index is 1.60. The highest BCUT2D eigenvalue weighted by Crippen LogP contribution is 2.23. The summed E-state index contributed by atoms with van der Waals surface area (Å²) >= 11 is 17.9. The summed E-state index contributed by atoms with van der Waals surface area (Å²) in [7, 11) is 0. The first kappa shape index (κ1) is 21.8. The maximum Gasteiger partial charge on any atom is 0.345 e. The van der Waals surface area contributed by atoms with Crippen LogP contribution in [0.1, 0.15) is 31.8 Å². The van der Waals surface area contributed by atoms with Gasteiger partial charge in [-0.05, 0) is 72.6 Å². The highest BCUT2D eigenvalue weighted by atomic mass is 35.5. The Labute approximate surface area is 188 Å². The van der Waals surface area contributed by atoms with Crippen molar-refractivity contribution in [1.29, 1.82) is 0 Å². The van der Waals surface area contributed by atoms with Crippen LogP contribution >= 0.6 is 34.8 Å². The van der Waals surface area contributed by atoms with E-state index < -0.39 is 11.9 Å². The van der Waals surface area contributed by atoms with Gasteiger partial charge >= 0.3 is 5.97 Å². The largest absolute Gasteiger partial charge is 0.423 e. The van der Waals surface area contributed by atoms with Crippen molar-refractivity contribution in [2.75, 3.05) is 0 Å². The van der Waals surface area contributed by atoms with E-state index in [0.717, 1.165) is 5.56 Å². The molecule has 0 radical (unpaired) electrons. The molecule has 30 heavy (non-hydrogen) atoms. The maximum atomic E-state index is 12.2. The number of hydrazone groups is 1. The van der Waals surface area contributed by atoms with Crippen LogP contribution in [0.5, 0.6) is 5.75 Å². The highest BCUT2D eigenvalue weighted by Gasteiger charge is 2.13. The van der Waals surface area contributed by atoms with E-state index in [4.69, 9.17) is 39.5 Å². The number of carbonyl (C=O) groups is 2. The molecule has 3 aromatic rings. The van der Waals surface area contributed by atoms with E-state index in [2.05, 4.69) is 10.5 Å². The number of halogens is 3. The van der Waals surface area contributed by atoms with Crippen molar-refractivity contribution in [3.8, 4) is 5.75 Å². The summed E-state index contributed by atoms with van der Waals surface area (Å²) in [4.78, 5) is 24.4. The van der Waals surface area contributed by atoms with Crippen LogP contribution in [-0.4, -0.2) is 18.1 Å². The minimum Gasteiger partial charge on any atom is -0.423 e. The number of aryl methyl sites for hydroxylation is 1. The number of benzene rings is 3. The Morgan fingerprint density at radius 3 is 2.23 bits per heavy atom. The Hall–Kier alpha value is -2.86. The molecule has 1 amide bonds. The Morgan fingerprint density at radius 1 is 0.900 bits per heavy atom. The first-order chi connectivity index (χ1) is 14.3. The summed E-state index contributed by atoms with van der Waals surface area (Å²) in [5.74, 6) is -0.680. The van der Waals surface area contributed by atoms with Gasteiger partial charge in [-0.25, -0.2) is 10.2 Å². The van der Waals surface area contributed by atoms with Gasteiger partial charge in [0.2, 0.25) is 0 Å². The van der Waals surface area contributed by atoms with E-state index >= 15 is 0 Å². The SMILES string of the molecule is Cc1ccc(C(=O)NN=Cc2ccc(OC(=O)c3ccc(Cl)cc3Cl)cc2)c(Cl)c1. The first-order valence-corrected chi connectivity index (χ1v) is 9.84. The minimum atomic E-state index is -0.597. The predicted octanol–water partition coefficient (Wildman–Crippen LogP) is 5.94. The van der Waals surface area contributed by atoms with E-state index in [1.807, 2.05) is 6.92 Å². The Kier molecular flexibility index (Phi) is 7.11. The fourth-order valence-corrected chi connectivity index (χ4v) is 3.28. The molecule has 3 rings (SSSR count). The molecule has 5 nitrogen and oxygen atoms in total. The lowest BCUT2D eigenvalue weighted by atomic mass is 10.1. The van der Waals surface area contributed by atoms with Crippen LogP contribution in [0, 0.1) is 6.92 Å². The third-order valence-electron chi connectivity index (χ3n) is 3.99. The molecule has 0 aliphatic heterocycles. The molecular formula is C22H15Cl3N2O3. The van der Waals surface area contributed by atoms with Gasteiger partial charge in [-0.3, -0.25) is 4.79 Å². The number of esters is 1. The van der Waals surface area contributed by atoms with Crippen LogP contribution in [-0.2, 0) is 0 Å². The zero-order valence-electron chi connectivity index (χ0n) is 15.7. The average molecular weight is 462 g/mol. The molecule has 0 atom stereocenters. The smallest absolute Gasteiger partial charge is 0.345 e. The zero-order chi connectivity index (χ0) is 21.7. The van der Waals surface area contributed by atoms with Gasteiger partial charge in [-0.15, -0.1) is 0 Å². The summed E-state index contributed by atoms with van der Waals surface area (Å²) in [6.07, 6.45) is 1.46. The molecule has 0 saturated heterocycles. The number of hydrogen-bond acceptors (Lipinski definition) is 4. The van der Waals surface area contributed by atoms with E-state index in [-0.39, 0.29) is 10.6 Å². The lowest BCUT2D eigenvalue weighted by molar-refractivity contribution is 0.0734. The Bertz CT molecular complexity index is 1130. The van der Waals surface area contributed by atoms with Crippen LogP contribution in [0.25, 0.3) is 0 Å². The number of rotatable bonds is 5. The van der Waals surface area contributed by atoms with Crippen LogP contribution in [0.2, 0.25) is 15.1 Å². The monoisotopic (exact) mass is 460 g/mol. The lowest BCUT2D eigenvalue weighted by Crippen LogP contribution is -2.18. The third kappa shape index (κ3) is 5.60. The van der Waals surface area contributed by atoms with Crippen molar-refractivity contribution in [2.24, 2.45) is 5.10 Å². The van der Waals surface area contributed by atoms with Crippen LogP contribution in [0.15, 0.2) is 65.8 Å². The van der Waals surface area contributed by atoms with Crippen LogP contribution < -0.4 is 10.2 Å². The van der Waals surface area contributed by atoms with Gasteiger partial charge in [0.05, 0.1) is 27.4 Å². The molecule has 0 bridgehead atoms. The fourth-order valence-electron chi connectivity index (χ4n) is 2.47. The number of amides is 1. The molecule has 0 fully saturated rings. The number of nitrogens with zero attached hydrogens (tertiary/aromatic N) is 1. The summed E-state index contributed by atoms with van der Waals surface area (Å²) in [6, 6.07) is 16.2. The number of hydrogen-bond donors (Lipinski definition) is 1. The summed E-state index contributed by atoms with van der Waals surface area (Å²) < 4.78 is 5.30. The van der Waals surface area contributed by atoms with Crippen molar-refractivity contribution in [3.63, 3.8) is 0 Å². The lowest BCUT2D eigenvalue weighted by Gasteiger charge is -2.06. The molecule has 0 aromatic heterocycles. The third-order valence-corrected chi connectivity index (χ3v) is 4.85. The van der Waals surface area contributed by atoms with Crippen molar-refractivity contribution in [3.05, 3.63) is 98.0 Å². The average Bonchev–Trinajstić information content (AvgIpc) is 2.69.